The van der Waals surface area contributed by atoms with Crippen LogP contribution < -0.4 is 5.32 Å². The van der Waals surface area contributed by atoms with Gasteiger partial charge in [-0.2, -0.15) is 0 Å². The van der Waals surface area contributed by atoms with Gasteiger partial charge in [0.15, 0.2) is 0 Å². The average molecular weight is 338 g/mol. The maximum Gasteiger partial charge on any atom is 0.261 e. The number of carbonyl (C=O) groups is 1. The van der Waals surface area contributed by atoms with Crippen LogP contribution in [0.2, 0.25) is 0 Å². The number of amides is 1. The van der Waals surface area contributed by atoms with Gasteiger partial charge < -0.3 is 10.2 Å². The van der Waals surface area contributed by atoms with E-state index in [0.29, 0.717) is 17.9 Å². The molecule has 24 heavy (non-hydrogen) atoms. The molecular weight excluding hydrogens is 316 g/mol. The summed E-state index contributed by atoms with van der Waals surface area (Å²) in [5, 5.41) is 3.39. The van der Waals surface area contributed by atoms with Gasteiger partial charge in [0.2, 0.25) is 0 Å². The van der Waals surface area contributed by atoms with E-state index < -0.39 is 0 Å². The molecule has 3 unspecified atom stereocenters. The highest BCUT2D eigenvalue weighted by molar-refractivity contribution is 7.17. The number of nitrogens with one attached hydrogen (secondary N) is 1. The molecular formula is C20H22N2OS. The summed E-state index contributed by atoms with van der Waals surface area (Å²) in [7, 11) is 0. The highest BCUT2D eigenvalue weighted by Gasteiger charge is 2.47. The molecule has 1 aromatic heterocycles. The molecule has 4 heterocycles. The minimum atomic E-state index is 0.120. The zero-order valence-electron chi connectivity index (χ0n) is 13.7. The molecule has 124 valence electrons. The summed E-state index contributed by atoms with van der Waals surface area (Å²) in [6.45, 7) is 3.65. The van der Waals surface area contributed by atoms with Gasteiger partial charge in [-0.25, -0.2) is 0 Å². The van der Waals surface area contributed by atoms with Gasteiger partial charge in [-0.05, 0) is 48.3 Å². The quantitative estimate of drug-likeness (QED) is 0.929. The van der Waals surface area contributed by atoms with Gasteiger partial charge in [0, 0.05) is 30.6 Å². The van der Waals surface area contributed by atoms with Crippen molar-refractivity contribution in [3.05, 3.63) is 47.3 Å². The molecule has 1 aromatic carbocycles. The number of hydrogen-bond donors (Lipinski definition) is 1. The average Bonchev–Trinajstić information content (AvgIpc) is 3.08. The Bertz CT molecular complexity index is 726. The second-order valence-corrected chi connectivity index (χ2v) is 8.69. The number of thiophene rings is 1. The minimum Gasteiger partial charge on any atom is -0.348 e. The van der Waals surface area contributed by atoms with Crippen LogP contribution in [0.3, 0.4) is 0 Å². The number of rotatable bonds is 3. The van der Waals surface area contributed by atoms with Crippen molar-refractivity contribution in [2.45, 2.75) is 18.9 Å². The lowest BCUT2D eigenvalue weighted by atomic mass is 9.65. The Morgan fingerprint density at radius 1 is 1.00 bits per heavy atom. The Hall–Kier alpha value is -1.65. The Balaban J connectivity index is 1.32. The largest absolute Gasteiger partial charge is 0.348 e. The van der Waals surface area contributed by atoms with Gasteiger partial charge in [0.1, 0.15) is 0 Å². The third-order valence-corrected chi connectivity index (χ3v) is 7.11. The molecule has 3 saturated heterocycles. The van der Waals surface area contributed by atoms with E-state index in [9.17, 15) is 4.79 Å². The Morgan fingerprint density at radius 2 is 1.75 bits per heavy atom. The molecule has 4 bridgehead atoms. The Labute approximate surface area is 146 Å². The van der Waals surface area contributed by atoms with E-state index >= 15 is 0 Å². The lowest BCUT2D eigenvalue weighted by Crippen LogP contribution is -2.64. The van der Waals surface area contributed by atoms with Crippen LogP contribution in [0.5, 0.6) is 0 Å². The van der Waals surface area contributed by atoms with Crippen LogP contribution in [-0.4, -0.2) is 36.5 Å². The second-order valence-electron chi connectivity index (χ2n) is 7.61. The highest BCUT2D eigenvalue weighted by atomic mass is 32.1. The Kier molecular flexibility index (Phi) is 3.49. The molecule has 0 radical (unpaired) electrons. The number of carbonyl (C=O) groups excluding carboxylic acids is 1. The van der Waals surface area contributed by atoms with Crippen LogP contribution >= 0.6 is 11.3 Å². The third-order valence-electron chi connectivity index (χ3n) is 5.98. The number of benzene rings is 1. The van der Waals surface area contributed by atoms with Gasteiger partial charge in [0.05, 0.1) is 4.88 Å². The lowest BCUT2D eigenvalue weighted by molar-refractivity contribution is -0.0418. The van der Waals surface area contributed by atoms with Crippen LogP contribution in [0.25, 0.3) is 10.4 Å². The highest BCUT2D eigenvalue weighted by Crippen LogP contribution is 2.43. The summed E-state index contributed by atoms with van der Waals surface area (Å²) in [5.41, 5.74) is 1.18. The van der Waals surface area contributed by atoms with E-state index in [1.807, 2.05) is 24.3 Å². The molecule has 4 fully saturated rings. The zero-order chi connectivity index (χ0) is 16.1. The van der Waals surface area contributed by atoms with Crippen molar-refractivity contribution >= 4 is 17.2 Å². The van der Waals surface area contributed by atoms with Gasteiger partial charge in [-0.3, -0.25) is 4.79 Å². The van der Waals surface area contributed by atoms with Crippen LogP contribution in [0.4, 0.5) is 0 Å². The van der Waals surface area contributed by atoms with Crippen LogP contribution in [-0.2, 0) is 0 Å². The molecule has 1 N–H and O–H groups in total. The van der Waals surface area contributed by atoms with Crippen molar-refractivity contribution in [1.82, 2.24) is 10.2 Å². The summed E-state index contributed by atoms with van der Waals surface area (Å²) in [6, 6.07) is 14.7. The van der Waals surface area contributed by atoms with Crippen molar-refractivity contribution in [1.29, 1.82) is 0 Å². The van der Waals surface area contributed by atoms with Crippen molar-refractivity contribution < 1.29 is 4.79 Å². The first kappa shape index (κ1) is 14.7. The first-order valence-corrected chi connectivity index (χ1v) is 9.76. The van der Waals surface area contributed by atoms with Crippen LogP contribution in [0.1, 0.15) is 22.5 Å². The Morgan fingerprint density at radius 3 is 2.46 bits per heavy atom. The standard InChI is InChI=1S/C20H22N2OS/c23-20(18-7-6-17(24-18)14-4-2-1-3-5-14)21-19-15-8-13-9-16(19)12-22(10-13)11-15/h1-7,13,15-16,19H,8-12H2,(H,21,23)/t13?,15-,16+,19?. The number of piperidine rings is 3. The molecule has 3 nitrogen and oxygen atoms in total. The molecule has 0 spiro atoms. The summed E-state index contributed by atoms with van der Waals surface area (Å²) in [5.74, 6) is 2.32. The predicted octanol–water partition coefficient (Wildman–Crippen LogP) is 3.49. The van der Waals surface area contributed by atoms with Crippen molar-refractivity contribution in [2.24, 2.45) is 17.8 Å². The molecule has 6 rings (SSSR count). The van der Waals surface area contributed by atoms with E-state index in [1.54, 1.807) is 11.3 Å². The monoisotopic (exact) mass is 338 g/mol. The smallest absolute Gasteiger partial charge is 0.261 e. The molecule has 2 aromatic rings. The minimum absolute atomic E-state index is 0.120. The van der Waals surface area contributed by atoms with Crippen molar-refractivity contribution in [2.75, 3.05) is 19.6 Å². The molecule has 1 aliphatic carbocycles. The first-order chi connectivity index (χ1) is 11.8. The normalized spacial score (nSPS) is 33.6. The molecule has 5 atom stereocenters. The topological polar surface area (TPSA) is 32.3 Å². The fourth-order valence-electron chi connectivity index (χ4n) is 5.08. The fourth-order valence-corrected chi connectivity index (χ4v) is 6.00. The van der Waals surface area contributed by atoms with E-state index in [4.69, 9.17) is 0 Å². The summed E-state index contributed by atoms with van der Waals surface area (Å²) < 4.78 is 0. The number of hydrogen-bond acceptors (Lipinski definition) is 3. The fraction of sp³-hybridized carbons (Fsp3) is 0.450. The van der Waals surface area contributed by atoms with Crippen LogP contribution in [0.15, 0.2) is 42.5 Å². The predicted molar refractivity (Wildman–Crippen MR) is 97.2 cm³/mol. The van der Waals surface area contributed by atoms with Crippen molar-refractivity contribution in [3.8, 4) is 10.4 Å². The summed E-state index contributed by atoms with van der Waals surface area (Å²) in [4.78, 5) is 17.4. The lowest BCUT2D eigenvalue weighted by Gasteiger charge is -2.55. The molecule has 4 aliphatic rings. The van der Waals surface area contributed by atoms with E-state index in [2.05, 4.69) is 28.4 Å². The second kappa shape index (κ2) is 5.71. The van der Waals surface area contributed by atoms with Gasteiger partial charge in [-0.15, -0.1) is 11.3 Å². The zero-order valence-corrected chi connectivity index (χ0v) is 14.5. The van der Waals surface area contributed by atoms with Gasteiger partial charge in [0.25, 0.3) is 5.91 Å². The van der Waals surface area contributed by atoms with E-state index in [-0.39, 0.29) is 5.91 Å². The maximum atomic E-state index is 12.8. The first-order valence-electron chi connectivity index (χ1n) is 8.95. The van der Waals surface area contributed by atoms with E-state index in [1.165, 1.54) is 38.0 Å². The van der Waals surface area contributed by atoms with Gasteiger partial charge >= 0.3 is 0 Å². The molecule has 1 saturated carbocycles. The third kappa shape index (κ3) is 2.49. The van der Waals surface area contributed by atoms with Crippen molar-refractivity contribution in [3.63, 3.8) is 0 Å². The molecule has 1 amide bonds. The SMILES string of the molecule is O=C(NC1[C@@H]2CC3C[C@H]1CN(C3)C2)c1ccc(-c2ccccc2)s1. The van der Waals surface area contributed by atoms with Crippen LogP contribution in [0, 0.1) is 17.8 Å². The van der Waals surface area contributed by atoms with Gasteiger partial charge in [-0.1, -0.05) is 30.3 Å². The molecule has 3 aliphatic heterocycles. The summed E-state index contributed by atoms with van der Waals surface area (Å²) >= 11 is 1.60. The molecule has 4 heteroatoms. The maximum absolute atomic E-state index is 12.8. The van der Waals surface area contributed by atoms with E-state index in [0.717, 1.165) is 15.7 Å². The number of nitrogens with zero attached hydrogens (tertiary/aromatic N) is 1. The summed E-state index contributed by atoms with van der Waals surface area (Å²) in [6.07, 6.45) is 2.61.